The van der Waals surface area contributed by atoms with Gasteiger partial charge in [0.2, 0.25) is 0 Å². The molecule has 5 rings (SSSR count). The van der Waals surface area contributed by atoms with Gasteiger partial charge in [0, 0.05) is 48.2 Å². The molecule has 0 saturated heterocycles. The van der Waals surface area contributed by atoms with Gasteiger partial charge in [-0.3, -0.25) is 0 Å². The van der Waals surface area contributed by atoms with Gasteiger partial charge in [0.05, 0.1) is 5.56 Å². The van der Waals surface area contributed by atoms with Gasteiger partial charge in [-0.15, -0.1) is 6.07 Å². The Morgan fingerprint density at radius 1 is 0.923 bits per heavy atom. The van der Waals surface area contributed by atoms with E-state index in [2.05, 4.69) is 6.07 Å². The molecule has 2 aliphatic rings. The Bertz CT molecular complexity index is 1010. The van der Waals surface area contributed by atoms with Crippen LogP contribution in [-0.4, -0.2) is 16.2 Å². The molecule has 0 aromatic heterocycles. The third-order valence-corrected chi connectivity index (χ3v) is 4.58. The molecule has 1 radical (unpaired) electrons. The summed E-state index contributed by atoms with van der Waals surface area (Å²) < 4.78 is 11.7. The quantitative estimate of drug-likeness (QED) is 0.322. The van der Waals surface area contributed by atoms with Crippen LogP contribution in [0.2, 0.25) is 0 Å². The van der Waals surface area contributed by atoms with Crippen LogP contribution in [0.1, 0.15) is 27.0 Å². The minimum absolute atomic E-state index is 0. The molecule has 26 heavy (non-hydrogen) atoms. The Morgan fingerprint density at radius 2 is 1.69 bits per heavy atom. The van der Waals surface area contributed by atoms with Crippen molar-refractivity contribution in [1.82, 2.24) is 0 Å². The molecule has 2 aliphatic heterocycles. The van der Waals surface area contributed by atoms with E-state index in [1.54, 1.807) is 18.2 Å². The molecule has 5 nitrogen and oxygen atoms in total. The normalized spacial score (nSPS) is 18.8. The summed E-state index contributed by atoms with van der Waals surface area (Å²) >= 11 is 0. The number of rotatable bonds is 0. The van der Waals surface area contributed by atoms with Crippen molar-refractivity contribution < 1.29 is 44.0 Å². The third kappa shape index (κ3) is 2.02. The van der Waals surface area contributed by atoms with Gasteiger partial charge in [0.15, 0.2) is 5.60 Å². The number of carbonyl (C=O) groups is 1. The second-order valence-electron chi connectivity index (χ2n) is 6.00. The molecule has 131 valence electrons. The number of esters is 1. The van der Waals surface area contributed by atoms with E-state index in [1.807, 2.05) is 12.1 Å². The van der Waals surface area contributed by atoms with E-state index < -0.39 is 11.6 Å². The molecule has 0 saturated carbocycles. The summed E-state index contributed by atoms with van der Waals surface area (Å²) in [4.78, 5) is 12.5. The van der Waals surface area contributed by atoms with E-state index in [4.69, 9.17) is 9.47 Å². The van der Waals surface area contributed by atoms with E-state index in [9.17, 15) is 15.0 Å². The minimum Gasteiger partial charge on any atom is -0.566 e. The molecule has 3 aromatic rings. The number of hydrogen-bond donors (Lipinski definition) is 2. The van der Waals surface area contributed by atoms with Crippen LogP contribution >= 0.6 is 0 Å². The predicted molar refractivity (Wildman–Crippen MR) is 86.9 cm³/mol. The van der Waals surface area contributed by atoms with Crippen LogP contribution in [0.4, 0.5) is 0 Å². The van der Waals surface area contributed by atoms with E-state index in [1.165, 1.54) is 24.3 Å². The molecular formula is C20H11O5Rh-. The molecule has 0 fully saturated rings. The smallest absolute Gasteiger partial charge is 0.340 e. The van der Waals surface area contributed by atoms with Crippen LogP contribution in [0.3, 0.4) is 0 Å². The van der Waals surface area contributed by atoms with Crippen LogP contribution in [0.5, 0.6) is 23.0 Å². The van der Waals surface area contributed by atoms with Crippen molar-refractivity contribution >= 4 is 5.97 Å². The predicted octanol–water partition coefficient (Wildman–Crippen LogP) is 3.46. The maximum Gasteiger partial charge on any atom is 0.340 e. The van der Waals surface area contributed by atoms with Crippen molar-refractivity contribution in [2.24, 2.45) is 0 Å². The summed E-state index contributed by atoms with van der Waals surface area (Å²) in [6, 6.07) is 17.6. The van der Waals surface area contributed by atoms with E-state index >= 15 is 0 Å². The van der Waals surface area contributed by atoms with Gasteiger partial charge < -0.3 is 19.7 Å². The first-order chi connectivity index (χ1) is 12.1. The molecule has 6 heteroatoms. The molecule has 1 spiro atoms. The summed E-state index contributed by atoms with van der Waals surface area (Å²) in [7, 11) is 0. The maximum absolute atomic E-state index is 12.5. The van der Waals surface area contributed by atoms with Gasteiger partial charge in [-0.1, -0.05) is 29.8 Å². The van der Waals surface area contributed by atoms with Crippen molar-refractivity contribution in [2.75, 3.05) is 0 Å². The summed E-state index contributed by atoms with van der Waals surface area (Å²) in [6.07, 6.45) is 0. The zero-order chi connectivity index (χ0) is 17.2. The molecule has 1 unspecified atom stereocenters. The first-order valence-corrected chi connectivity index (χ1v) is 7.69. The summed E-state index contributed by atoms with van der Waals surface area (Å²) in [5.41, 5.74) is 1.02. The van der Waals surface area contributed by atoms with Crippen LogP contribution < -0.4 is 4.74 Å². The van der Waals surface area contributed by atoms with Crippen LogP contribution in [-0.2, 0) is 29.8 Å². The Kier molecular flexibility index (Phi) is 3.56. The minimum atomic E-state index is -1.22. The number of hydrogen-bond acceptors (Lipinski definition) is 5. The molecule has 1 atom stereocenters. The zero-order valence-electron chi connectivity index (χ0n) is 13.1. The molecule has 2 N–H and O–H groups in total. The monoisotopic (exact) mass is 434 g/mol. The average Bonchev–Trinajstić information content (AvgIpc) is 2.88. The number of fused-ring (bicyclic) bond motifs is 6. The molecule has 0 amide bonds. The summed E-state index contributed by atoms with van der Waals surface area (Å²) in [5.74, 6) is 0.247. The Labute approximate surface area is 161 Å². The van der Waals surface area contributed by atoms with Crippen molar-refractivity contribution in [3.63, 3.8) is 0 Å². The fourth-order valence-electron chi connectivity index (χ4n) is 3.56. The number of aromatic hydroxyl groups is 2. The van der Waals surface area contributed by atoms with Crippen molar-refractivity contribution in [1.29, 1.82) is 0 Å². The average molecular weight is 434 g/mol. The van der Waals surface area contributed by atoms with Crippen molar-refractivity contribution in [3.05, 3.63) is 82.9 Å². The number of phenols is 2. The SMILES string of the molecule is O=C1OC2(c3[c-]cc(O)cc3Oc3cc(O)ccc32)c2ccccc21.[Rh]. The number of phenolic OH excluding ortho intramolecular Hbond substituents is 2. The van der Waals surface area contributed by atoms with Gasteiger partial charge in [0.25, 0.3) is 0 Å². The van der Waals surface area contributed by atoms with Crippen LogP contribution in [0, 0.1) is 6.07 Å². The van der Waals surface area contributed by atoms with Crippen molar-refractivity contribution in [3.8, 4) is 23.0 Å². The van der Waals surface area contributed by atoms with E-state index in [-0.39, 0.29) is 31.0 Å². The van der Waals surface area contributed by atoms with Gasteiger partial charge >= 0.3 is 5.97 Å². The summed E-state index contributed by atoms with van der Waals surface area (Å²) in [5, 5.41) is 19.6. The van der Waals surface area contributed by atoms with Gasteiger partial charge in [-0.25, -0.2) is 4.79 Å². The van der Waals surface area contributed by atoms with Crippen molar-refractivity contribution in [2.45, 2.75) is 5.60 Å². The molecule has 3 aromatic carbocycles. The Hall–Kier alpha value is -2.85. The molecule has 0 aliphatic carbocycles. The first-order valence-electron chi connectivity index (χ1n) is 7.69. The number of carbonyl (C=O) groups excluding carboxylic acids is 1. The second kappa shape index (κ2) is 5.58. The molecular weight excluding hydrogens is 423 g/mol. The second-order valence-corrected chi connectivity index (χ2v) is 6.00. The Morgan fingerprint density at radius 3 is 2.54 bits per heavy atom. The molecule has 0 bridgehead atoms. The fourth-order valence-corrected chi connectivity index (χ4v) is 3.56. The largest absolute Gasteiger partial charge is 0.566 e. The number of benzene rings is 3. The zero-order valence-corrected chi connectivity index (χ0v) is 14.8. The van der Waals surface area contributed by atoms with Gasteiger partial charge in [0.1, 0.15) is 11.5 Å². The maximum atomic E-state index is 12.5. The van der Waals surface area contributed by atoms with Crippen LogP contribution in [0.15, 0.2) is 54.6 Å². The van der Waals surface area contributed by atoms with E-state index in [0.29, 0.717) is 33.8 Å². The standard InChI is InChI=1S/C20H11O5.Rh/c21-11-5-7-15-17(9-11)24-18-10-12(22)6-8-16(18)20(15)14-4-2-1-3-13(14)19(23)25-20;/h1-7,9-10,21-22H;/q-1;. The van der Waals surface area contributed by atoms with Gasteiger partial charge in [-0.05, 0) is 18.2 Å². The summed E-state index contributed by atoms with van der Waals surface area (Å²) in [6.45, 7) is 0. The molecule has 2 heterocycles. The fraction of sp³-hybridized carbons (Fsp3) is 0.0500. The third-order valence-electron chi connectivity index (χ3n) is 4.58. The topological polar surface area (TPSA) is 76.0 Å². The first kappa shape index (κ1) is 16.6. The van der Waals surface area contributed by atoms with Crippen LogP contribution in [0.25, 0.3) is 0 Å². The van der Waals surface area contributed by atoms with E-state index in [0.717, 1.165) is 0 Å². The van der Waals surface area contributed by atoms with Gasteiger partial charge in [-0.2, -0.15) is 6.07 Å². The Balaban J connectivity index is 0.00000168. The number of ether oxygens (including phenoxy) is 2.